The molecule has 1 aromatic heterocycles. The van der Waals surface area contributed by atoms with Crippen LogP contribution in [0.5, 0.6) is 11.6 Å². The molecule has 0 fully saturated rings. The summed E-state index contributed by atoms with van der Waals surface area (Å²) in [6, 6.07) is 9.62. The third-order valence-corrected chi connectivity index (χ3v) is 3.81. The molecule has 17 heavy (non-hydrogen) atoms. The maximum atomic E-state index is 5.78. The van der Waals surface area contributed by atoms with Crippen LogP contribution in [0, 0.1) is 0 Å². The van der Waals surface area contributed by atoms with E-state index in [1.54, 1.807) is 6.20 Å². The summed E-state index contributed by atoms with van der Waals surface area (Å²) in [5, 5.41) is 0.713. The normalized spacial score (nSPS) is 10.3. The molecule has 0 amide bonds. The van der Waals surface area contributed by atoms with Crippen LogP contribution in [0.25, 0.3) is 0 Å². The molecule has 88 valence electrons. The predicted molar refractivity (Wildman–Crippen MR) is 78.8 cm³/mol. The van der Waals surface area contributed by atoms with Crippen LogP contribution in [0.15, 0.2) is 45.5 Å². The van der Waals surface area contributed by atoms with Gasteiger partial charge in [-0.3, -0.25) is 0 Å². The van der Waals surface area contributed by atoms with E-state index in [1.165, 1.54) is 0 Å². The lowest BCUT2D eigenvalue weighted by molar-refractivity contribution is 0.456. The topological polar surface area (TPSA) is 22.1 Å². The minimum absolute atomic E-state index is 0.618. The fourth-order valence-corrected chi connectivity index (χ4v) is 2.83. The van der Waals surface area contributed by atoms with Gasteiger partial charge in [-0.2, -0.15) is 0 Å². The van der Waals surface area contributed by atoms with E-state index in [-0.39, 0.29) is 0 Å². The molecule has 0 N–H and O–H groups in total. The Balaban J connectivity index is 2.31. The zero-order chi connectivity index (χ0) is 12.3. The number of rotatable bonds is 3. The average Bonchev–Trinajstić information content (AvgIpc) is 2.33. The van der Waals surface area contributed by atoms with Crippen LogP contribution in [-0.2, 0) is 5.33 Å². The van der Waals surface area contributed by atoms with Crippen molar-refractivity contribution in [2.45, 2.75) is 5.33 Å². The van der Waals surface area contributed by atoms with E-state index in [1.807, 2.05) is 30.3 Å². The highest BCUT2D eigenvalue weighted by molar-refractivity contribution is 9.11. The molecule has 0 atom stereocenters. The van der Waals surface area contributed by atoms with Crippen molar-refractivity contribution in [1.29, 1.82) is 0 Å². The van der Waals surface area contributed by atoms with Crippen molar-refractivity contribution in [2.75, 3.05) is 0 Å². The number of hydrogen-bond acceptors (Lipinski definition) is 2. The maximum Gasteiger partial charge on any atom is 0.223 e. The molecule has 0 unspecified atom stereocenters. The minimum atomic E-state index is 0.618. The second-order valence-electron chi connectivity index (χ2n) is 3.28. The first kappa shape index (κ1) is 13.1. The molecule has 0 saturated heterocycles. The maximum absolute atomic E-state index is 5.78. The SMILES string of the molecule is BrCc1cccnc1Oc1ccc(Br)cc1Br. The van der Waals surface area contributed by atoms with E-state index < -0.39 is 0 Å². The van der Waals surface area contributed by atoms with Crippen molar-refractivity contribution < 1.29 is 4.74 Å². The van der Waals surface area contributed by atoms with Gasteiger partial charge in [-0.1, -0.05) is 37.9 Å². The highest BCUT2D eigenvalue weighted by atomic mass is 79.9. The van der Waals surface area contributed by atoms with Gasteiger partial charge < -0.3 is 4.74 Å². The summed E-state index contributed by atoms with van der Waals surface area (Å²) in [4.78, 5) is 4.22. The van der Waals surface area contributed by atoms with Gasteiger partial charge in [-0.05, 0) is 40.2 Å². The van der Waals surface area contributed by atoms with Gasteiger partial charge in [0.2, 0.25) is 5.88 Å². The first-order chi connectivity index (χ1) is 8.20. The summed E-state index contributed by atoms with van der Waals surface area (Å²) < 4.78 is 7.66. The van der Waals surface area contributed by atoms with Crippen LogP contribution in [0.1, 0.15) is 5.56 Å². The lowest BCUT2D eigenvalue weighted by atomic mass is 10.3. The third-order valence-electron chi connectivity index (χ3n) is 2.09. The van der Waals surface area contributed by atoms with Gasteiger partial charge in [0.05, 0.1) is 4.47 Å². The summed E-state index contributed by atoms with van der Waals surface area (Å²) in [5.74, 6) is 1.36. The molecule has 1 aromatic carbocycles. The summed E-state index contributed by atoms with van der Waals surface area (Å²) in [7, 11) is 0. The molecule has 0 spiro atoms. The summed E-state index contributed by atoms with van der Waals surface area (Å²) in [5.41, 5.74) is 1.02. The second kappa shape index (κ2) is 5.98. The number of hydrogen-bond donors (Lipinski definition) is 0. The van der Waals surface area contributed by atoms with Crippen molar-refractivity contribution in [2.24, 2.45) is 0 Å². The molecular weight excluding hydrogens is 414 g/mol. The lowest BCUT2D eigenvalue weighted by Gasteiger charge is -2.09. The highest BCUT2D eigenvalue weighted by Crippen LogP contribution is 2.32. The van der Waals surface area contributed by atoms with Crippen molar-refractivity contribution in [3.05, 3.63) is 51.0 Å². The fraction of sp³-hybridized carbons (Fsp3) is 0.0833. The van der Waals surface area contributed by atoms with Gasteiger partial charge in [0.15, 0.2) is 0 Å². The Labute approximate surface area is 125 Å². The largest absolute Gasteiger partial charge is 0.438 e. The Morgan fingerprint density at radius 2 is 2.00 bits per heavy atom. The van der Waals surface area contributed by atoms with Gasteiger partial charge in [0.25, 0.3) is 0 Å². The van der Waals surface area contributed by atoms with Crippen LogP contribution in [0.2, 0.25) is 0 Å². The van der Waals surface area contributed by atoms with Gasteiger partial charge in [0, 0.05) is 21.6 Å². The van der Waals surface area contributed by atoms with Crippen LogP contribution in [-0.4, -0.2) is 4.98 Å². The monoisotopic (exact) mass is 419 g/mol. The van der Waals surface area contributed by atoms with Crippen LogP contribution in [0.3, 0.4) is 0 Å². The molecule has 0 aliphatic heterocycles. The number of nitrogens with zero attached hydrogens (tertiary/aromatic N) is 1. The Bertz CT molecular complexity index is 531. The first-order valence-electron chi connectivity index (χ1n) is 4.83. The van der Waals surface area contributed by atoms with E-state index in [9.17, 15) is 0 Å². The number of ether oxygens (including phenoxy) is 1. The van der Waals surface area contributed by atoms with Gasteiger partial charge in [-0.25, -0.2) is 4.98 Å². The number of pyridine rings is 1. The minimum Gasteiger partial charge on any atom is -0.438 e. The van der Waals surface area contributed by atoms with Crippen molar-refractivity contribution in [3.8, 4) is 11.6 Å². The molecule has 2 aromatic rings. The molecule has 5 heteroatoms. The van der Waals surface area contributed by atoms with Crippen LogP contribution < -0.4 is 4.74 Å². The predicted octanol–water partition coefficient (Wildman–Crippen LogP) is 5.29. The molecular formula is C12H8Br3NO. The molecule has 2 nitrogen and oxygen atoms in total. The van der Waals surface area contributed by atoms with E-state index in [4.69, 9.17) is 4.74 Å². The molecule has 1 heterocycles. The quantitative estimate of drug-likeness (QED) is 0.628. The Kier molecular flexibility index (Phi) is 4.59. The van der Waals surface area contributed by atoms with Gasteiger partial charge in [-0.15, -0.1) is 0 Å². The molecule has 2 rings (SSSR count). The standard InChI is InChI=1S/C12H8Br3NO/c13-7-8-2-1-5-16-12(8)17-11-4-3-9(14)6-10(11)15/h1-6H,7H2. The smallest absolute Gasteiger partial charge is 0.223 e. The number of aromatic nitrogens is 1. The summed E-state index contributed by atoms with van der Waals surface area (Å²) >= 11 is 10.3. The van der Waals surface area contributed by atoms with Gasteiger partial charge >= 0.3 is 0 Å². The number of benzene rings is 1. The van der Waals surface area contributed by atoms with E-state index >= 15 is 0 Å². The Hall–Kier alpha value is -0.390. The summed E-state index contributed by atoms with van der Waals surface area (Å²) in [6.07, 6.45) is 1.72. The highest BCUT2D eigenvalue weighted by Gasteiger charge is 2.07. The first-order valence-corrected chi connectivity index (χ1v) is 7.54. The molecule has 0 saturated carbocycles. The number of halogens is 3. The zero-order valence-electron chi connectivity index (χ0n) is 8.66. The molecule has 0 aliphatic rings. The number of alkyl halides is 1. The Morgan fingerprint density at radius 3 is 2.71 bits per heavy atom. The Morgan fingerprint density at radius 1 is 1.18 bits per heavy atom. The van der Waals surface area contributed by atoms with Crippen LogP contribution >= 0.6 is 47.8 Å². The second-order valence-corrected chi connectivity index (χ2v) is 5.61. The van der Waals surface area contributed by atoms with Crippen molar-refractivity contribution in [3.63, 3.8) is 0 Å². The molecule has 0 aliphatic carbocycles. The van der Waals surface area contributed by atoms with E-state index in [0.717, 1.165) is 20.3 Å². The summed E-state index contributed by atoms with van der Waals surface area (Å²) in [6.45, 7) is 0. The lowest BCUT2D eigenvalue weighted by Crippen LogP contribution is -1.92. The van der Waals surface area contributed by atoms with E-state index in [0.29, 0.717) is 11.2 Å². The molecule has 0 bridgehead atoms. The zero-order valence-corrected chi connectivity index (χ0v) is 13.4. The van der Waals surface area contributed by atoms with E-state index in [2.05, 4.69) is 52.8 Å². The van der Waals surface area contributed by atoms with Crippen molar-refractivity contribution >= 4 is 47.8 Å². The van der Waals surface area contributed by atoms with Crippen molar-refractivity contribution in [1.82, 2.24) is 4.98 Å². The average molecular weight is 422 g/mol. The third kappa shape index (κ3) is 3.30. The fourth-order valence-electron chi connectivity index (χ4n) is 1.28. The van der Waals surface area contributed by atoms with Crippen LogP contribution in [0.4, 0.5) is 0 Å². The van der Waals surface area contributed by atoms with Gasteiger partial charge in [0.1, 0.15) is 5.75 Å². The molecule has 0 radical (unpaired) electrons.